The van der Waals surface area contributed by atoms with Crippen molar-refractivity contribution < 1.29 is 18.0 Å². The van der Waals surface area contributed by atoms with Gasteiger partial charge in [0.25, 0.3) is 5.91 Å². The van der Waals surface area contributed by atoms with E-state index in [9.17, 15) is 18.0 Å². The van der Waals surface area contributed by atoms with Gasteiger partial charge in [-0.3, -0.25) is 9.48 Å². The number of alkyl halides is 3. The van der Waals surface area contributed by atoms with E-state index in [1.54, 1.807) is 18.3 Å². The first-order valence-corrected chi connectivity index (χ1v) is 10.9. The lowest BCUT2D eigenvalue weighted by atomic mass is 9.99. The van der Waals surface area contributed by atoms with Crippen LogP contribution in [-0.4, -0.2) is 28.3 Å². The Kier molecular flexibility index (Phi) is 6.99. The molecule has 0 unspecified atom stereocenters. The third-order valence-electron chi connectivity index (χ3n) is 4.60. The molecule has 0 aliphatic heterocycles. The second-order valence-corrected chi connectivity index (χ2v) is 8.39. The molecule has 3 N–H and O–H groups in total. The molecule has 3 aromatic rings. The lowest BCUT2D eigenvalue weighted by Crippen LogP contribution is -2.41. The highest BCUT2D eigenvalue weighted by molar-refractivity contribution is 9.10. The summed E-state index contributed by atoms with van der Waals surface area (Å²) in [7, 11) is 0. The van der Waals surface area contributed by atoms with Crippen molar-refractivity contribution in [1.29, 1.82) is 0 Å². The zero-order valence-corrected chi connectivity index (χ0v) is 18.4. The van der Waals surface area contributed by atoms with Gasteiger partial charge in [-0.15, -0.1) is 11.3 Å². The fourth-order valence-electron chi connectivity index (χ4n) is 3.16. The van der Waals surface area contributed by atoms with Crippen LogP contribution in [0.3, 0.4) is 0 Å². The number of hydrogen-bond donors (Lipinski definition) is 2. The van der Waals surface area contributed by atoms with Crippen LogP contribution in [-0.2, 0) is 19.1 Å². The summed E-state index contributed by atoms with van der Waals surface area (Å²) in [6.07, 6.45) is -2.78. The second-order valence-electron chi connectivity index (χ2n) is 6.62. The van der Waals surface area contributed by atoms with Gasteiger partial charge >= 0.3 is 6.18 Å². The fraction of sp³-hybridized carbons (Fsp3) is 0.300. The van der Waals surface area contributed by atoms with Gasteiger partial charge in [-0.1, -0.05) is 18.2 Å². The van der Waals surface area contributed by atoms with Gasteiger partial charge in [0.2, 0.25) is 0 Å². The molecule has 0 fully saturated rings. The van der Waals surface area contributed by atoms with E-state index in [-0.39, 0.29) is 24.4 Å². The Morgan fingerprint density at radius 1 is 1.37 bits per heavy atom. The Bertz CT molecular complexity index is 1030. The summed E-state index contributed by atoms with van der Waals surface area (Å²) in [5.41, 5.74) is 6.82. The smallest absolute Gasteiger partial charge is 0.347 e. The molecule has 3 rings (SSSR count). The maximum absolute atomic E-state index is 13.2. The van der Waals surface area contributed by atoms with Gasteiger partial charge in [0.15, 0.2) is 0 Å². The SMILES string of the molecule is CCn1ncc(Br)c1-c1csc(C(=O)N[C@H](CN)Cc2ccccc2C(F)(F)F)c1. The molecule has 1 amide bonds. The number of amides is 1. The van der Waals surface area contributed by atoms with Crippen LogP contribution in [0.2, 0.25) is 0 Å². The summed E-state index contributed by atoms with van der Waals surface area (Å²) in [5.74, 6) is -0.370. The number of rotatable bonds is 7. The molecular formula is C20H20BrF3N4OS. The summed E-state index contributed by atoms with van der Waals surface area (Å²) >= 11 is 4.72. The molecule has 0 aliphatic carbocycles. The molecule has 10 heteroatoms. The van der Waals surface area contributed by atoms with Gasteiger partial charge in [-0.25, -0.2) is 0 Å². The molecule has 0 spiro atoms. The van der Waals surface area contributed by atoms with E-state index >= 15 is 0 Å². The van der Waals surface area contributed by atoms with Crippen LogP contribution in [0.4, 0.5) is 13.2 Å². The van der Waals surface area contributed by atoms with Gasteiger partial charge in [-0.2, -0.15) is 18.3 Å². The Labute approximate surface area is 184 Å². The minimum Gasteiger partial charge on any atom is -0.347 e. The van der Waals surface area contributed by atoms with Crippen LogP contribution in [0.5, 0.6) is 0 Å². The van der Waals surface area contributed by atoms with Crippen molar-refractivity contribution in [3.8, 4) is 11.3 Å². The average Bonchev–Trinajstić information content (AvgIpc) is 3.33. The molecule has 2 heterocycles. The summed E-state index contributed by atoms with van der Waals surface area (Å²) in [6, 6.07) is 6.44. The largest absolute Gasteiger partial charge is 0.416 e. The number of halogens is 4. The Balaban J connectivity index is 1.76. The number of thiophene rings is 1. The summed E-state index contributed by atoms with van der Waals surface area (Å²) in [6.45, 7) is 2.66. The van der Waals surface area contributed by atoms with E-state index in [0.29, 0.717) is 11.4 Å². The number of carbonyl (C=O) groups is 1. The van der Waals surface area contributed by atoms with Crippen LogP contribution in [0.15, 0.2) is 46.4 Å². The van der Waals surface area contributed by atoms with E-state index in [4.69, 9.17) is 5.73 Å². The van der Waals surface area contributed by atoms with Gasteiger partial charge in [0, 0.05) is 30.1 Å². The predicted octanol–water partition coefficient (Wildman–Crippen LogP) is 4.71. The van der Waals surface area contributed by atoms with E-state index < -0.39 is 17.8 Å². The van der Waals surface area contributed by atoms with Gasteiger partial charge in [0.05, 0.1) is 26.8 Å². The van der Waals surface area contributed by atoms with E-state index in [0.717, 1.165) is 21.8 Å². The van der Waals surface area contributed by atoms with Crippen LogP contribution in [0.1, 0.15) is 27.7 Å². The number of benzene rings is 1. The van der Waals surface area contributed by atoms with Gasteiger partial charge in [0.1, 0.15) is 0 Å². The summed E-state index contributed by atoms with van der Waals surface area (Å²) in [5, 5.41) is 8.87. The van der Waals surface area contributed by atoms with E-state index in [1.165, 1.54) is 23.5 Å². The number of nitrogens with zero attached hydrogens (tertiary/aromatic N) is 2. The van der Waals surface area contributed by atoms with Gasteiger partial charge < -0.3 is 11.1 Å². The Hall–Kier alpha value is -2.17. The van der Waals surface area contributed by atoms with Crippen LogP contribution >= 0.6 is 27.3 Å². The monoisotopic (exact) mass is 500 g/mol. The maximum Gasteiger partial charge on any atom is 0.416 e. The van der Waals surface area contributed by atoms with E-state index in [2.05, 4.69) is 26.3 Å². The van der Waals surface area contributed by atoms with Crippen molar-refractivity contribution >= 4 is 33.2 Å². The number of nitrogens with one attached hydrogen (secondary N) is 1. The van der Waals surface area contributed by atoms with Gasteiger partial charge in [-0.05, 0) is 47.0 Å². The van der Waals surface area contributed by atoms with Crippen LogP contribution in [0.25, 0.3) is 11.3 Å². The maximum atomic E-state index is 13.2. The van der Waals surface area contributed by atoms with Crippen molar-refractivity contribution in [2.45, 2.75) is 32.1 Å². The molecule has 160 valence electrons. The number of aryl methyl sites for hydroxylation is 1. The first kappa shape index (κ1) is 22.5. The quantitative estimate of drug-likeness (QED) is 0.493. The predicted molar refractivity (Wildman–Crippen MR) is 114 cm³/mol. The topological polar surface area (TPSA) is 72.9 Å². The summed E-state index contributed by atoms with van der Waals surface area (Å²) < 4.78 is 42.3. The average molecular weight is 501 g/mol. The zero-order chi connectivity index (χ0) is 21.9. The molecule has 30 heavy (non-hydrogen) atoms. The number of aromatic nitrogens is 2. The molecule has 5 nitrogen and oxygen atoms in total. The first-order valence-electron chi connectivity index (χ1n) is 9.20. The lowest BCUT2D eigenvalue weighted by molar-refractivity contribution is -0.138. The molecule has 0 saturated carbocycles. The highest BCUT2D eigenvalue weighted by Crippen LogP contribution is 2.33. The normalized spacial score (nSPS) is 12.7. The third-order valence-corrected chi connectivity index (χ3v) is 6.11. The summed E-state index contributed by atoms with van der Waals surface area (Å²) in [4.78, 5) is 13.1. The minimum absolute atomic E-state index is 0.00961. The highest BCUT2D eigenvalue weighted by Gasteiger charge is 2.33. The number of nitrogens with two attached hydrogens (primary N) is 1. The standard InChI is InChI=1S/C20H20BrF3N4OS/c1-2-28-18(16(21)10-26-28)13-8-17(30-11-13)19(29)27-14(9-25)7-12-5-3-4-6-15(12)20(22,23)24/h3-6,8,10-11,14H,2,7,9,25H2,1H3,(H,27,29)/t14-/m0/s1. The van der Waals surface area contributed by atoms with Crippen LogP contribution in [0, 0.1) is 0 Å². The minimum atomic E-state index is -4.46. The molecule has 2 aromatic heterocycles. The van der Waals surface area contributed by atoms with E-state index in [1.807, 2.05) is 17.0 Å². The molecule has 0 saturated heterocycles. The van der Waals surface area contributed by atoms with Crippen molar-refractivity contribution in [2.24, 2.45) is 5.73 Å². The molecule has 0 bridgehead atoms. The number of hydrogen-bond acceptors (Lipinski definition) is 4. The zero-order valence-electron chi connectivity index (χ0n) is 16.0. The first-order chi connectivity index (χ1) is 14.2. The third kappa shape index (κ3) is 4.93. The Morgan fingerprint density at radius 3 is 2.77 bits per heavy atom. The fourth-order valence-corrected chi connectivity index (χ4v) is 4.48. The molecule has 1 aromatic carbocycles. The van der Waals surface area contributed by atoms with Crippen molar-refractivity contribution in [3.63, 3.8) is 0 Å². The highest BCUT2D eigenvalue weighted by atomic mass is 79.9. The molecule has 1 atom stereocenters. The molecule has 0 aliphatic rings. The van der Waals surface area contributed by atoms with Crippen molar-refractivity contribution in [1.82, 2.24) is 15.1 Å². The van der Waals surface area contributed by atoms with Crippen LogP contribution < -0.4 is 11.1 Å². The molecular weight excluding hydrogens is 481 g/mol. The number of carbonyl (C=O) groups excluding carboxylic acids is 1. The lowest BCUT2D eigenvalue weighted by Gasteiger charge is -2.19. The van der Waals surface area contributed by atoms with Crippen molar-refractivity contribution in [2.75, 3.05) is 6.54 Å². The second kappa shape index (κ2) is 9.32. The Morgan fingerprint density at radius 2 is 2.10 bits per heavy atom. The molecule has 0 radical (unpaired) electrons. The van der Waals surface area contributed by atoms with Crippen molar-refractivity contribution in [3.05, 3.63) is 62.4 Å².